The number of primary amides is 1. The molecule has 5 heteroatoms. The topological polar surface area (TPSA) is 101 Å². The van der Waals surface area contributed by atoms with Crippen molar-refractivity contribution in [2.24, 2.45) is 5.73 Å². The maximum absolute atomic E-state index is 11.3. The van der Waals surface area contributed by atoms with Crippen LogP contribution < -0.4 is 16.8 Å². The Morgan fingerprint density at radius 1 is 1.39 bits per heavy atom. The summed E-state index contributed by atoms with van der Waals surface area (Å²) in [6, 6.07) is 4.85. The summed E-state index contributed by atoms with van der Waals surface area (Å²) in [6.45, 7) is 4.18. The number of carbonyl (C=O) groups is 1. The van der Waals surface area contributed by atoms with Gasteiger partial charge in [0, 0.05) is 17.9 Å². The van der Waals surface area contributed by atoms with E-state index in [2.05, 4.69) is 5.32 Å². The maximum Gasteiger partial charge on any atom is 0.250 e. The minimum Gasteiger partial charge on any atom is -0.399 e. The first-order chi connectivity index (χ1) is 8.41. The average Bonchev–Trinajstić information content (AvgIpc) is 2.35. The molecule has 5 nitrogen and oxygen atoms in total. The highest BCUT2D eigenvalue weighted by atomic mass is 16.3. The number of hydrogen-bond donors (Lipinski definition) is 4. The van der Waals surface area contributed by atoms with Gasteiger partial charge in [0.25, 0.3) is 5.91 Å². The van der Waals surface area contributed by atoms with Gasteiger partial charge in [-0.1, -0.05) is 13.8 Å². The monoisotopic (exact) mass is 251 g/mol. The van der Waals surface area contributed by atoms with E-state index in [1.165, 1.54) is 0 Å². The number of nitrogens with one attached hydrogen (secondary N) is 1. The second-order valence-corrected chi connectivity index (χ2v) is 4.45. The second-order valence-electron chi connectivity index (χ2n) is 4.45. The fourth-order valence-electron chi connectivity index (χ4n) is 1.68. The third-order valence-corrected chi connectivity index (χ3v) is 3.23. The Balaban J connectivity index is 2.90. The summed E-state index contributed by atoms with van der Waals surface area (Å²) >= 11 is 0. The molecule has 0 bridgehead atoms. The van der Waals surface area contributed by atoms with Crippen LogP contribution in [0, 0.1) is 0 Å². The molecule has 0 heterocycles. The number of hydrogen-bond acceptors (Lipinski definition) is 4. The summed E-state index contributed by atoms with van der Waals surface area (Å²) in [5.74, 6) is -0.519. The molecule has 100 valence electrons. The molecule has 0 fully saturated rings. The average molecular weight is 251 g/mol. The SMILES string of the molecule is CCC(O)(CC)CNc1cc(N)ccc1C(N)=O. The molecule has 1 aromatic rings. The molecule has 0 aliphatic carbocycles. The third-order valence-electron chi connectivity index (χ3n) is 3.23. The van der Waals surface area contributed by atoms with E-state index < -0.39 is 11.5 Å². The minimum absolute atomic E-state index is 0.351. The normalized spacial score (nSPS) is 11.3. The molecule has 0 radical (unpaired) electrons. The van der Waals surface area contributed by atoms with Gasteiger partial charge in [-0.25, -0.2) is 0 Å². The van der Waals surface area contributed by atoms with Crippen molar-refractivity contribution in [1.82, 2.24) is 0 Å². The summed E-state index contributed by atoms with van der Waals surface area (Å²) in [7, 11) is 0. The summed E-state index contributed by atoms with van der Waals surface area (Å²) in [5.41, 5.74) is 11.6. The van der Waals surface area contributed by atoms with E-state index in [-0.39, 0.29) is 0 Å². The molecule has 0 aliphatic rings. The molecule has 0 saturated carbocycles. The highest BCUT2D eigenvalue weighted by Gasteiger charge is 2.22. The van der Waals surface area contributed by atoms with Gasteiger partial charge in [0.2, 0.25) is 0 Å². The standard InChI is InChI=1S/C13H21N3O2/c1-3-13(18,4-2)8-16-11-7-9(14)5-6-10(11)12(15)17/h5-7,16,18H,3-4,8,14H2,1-2H3,(H2,15,17). The zero-order valence-electron chi connectivity index (χ0n) is 10.9. The van der Waals surface area contributed by atoms with Crippen LogP contribution >= 0.6 is 0 Å². The number of nitrogen functional groups attached to an aromatic ring is 1. The molecule has 0 aliphatic heterocycles. The first kappa shape index (κ1) is 14.3. The van der Waals surface area contributed by atoms with Crippen LogP contribution in [0.1, 0.15) is 37.0 Å². The maximum atomic E-state index is 11.3. The largest absolute Gasteiger partial charge is 0.399 e. The van der Waals surface area contributed by atoms with Crippen molar-refractivity contribution < 1.29 is 9.90 Å². The molecule has 0 saturated heterocycles. The van der Waals surface area contributed by atoms with E-state index in [0.29, 0.717) is 36.3 Å². The molecular formula is C13H21N3O2. The second kappa shape index (κ2) is 5.73. The predicted molar refractivity (Wildman–Crippen MR) is 73.4 cm³/mol. The van der Waals surface area contributed by atoms with Crippen LogP contribution in [-0.2, 0) is 0 Å². The number of nitrogens with two attached hydrogens (primary N) is 2. The van der Waals surface area contributed by atoms with E-state index in [1.807, 2.05) is 13.8 Å². The van der Waals surface area contributed by atoms with Gasteiger partial charge in [-0.2, -0.15) is 0 Å². The van der Waals surface area contributed by atoms with Gasteiger partial charge in [-0.3, -0.25) is 4.79 Å². The lowest BCUT2D eigenvalue weighted by molar-refractivity contribution is 0.0456. The number of benzene rings is 1. The molecule has 6 N–H and O–H groups in total. The Bertz CT molecular complexity index is 428. The van der Waals surface area contributed by atoms with Crippen LogP contribution in [0.2, 0.25) is 0 Å². The van der Waals surface area contributed by atoms with Crippen molar-refractivity contribution in [1.29, 1.82) is 0 Å². The molecular weight excluding hydrogens is 230 g/mol. The van der Waals surface area contributed by atoms with E-state index in [0.717, 1.165) is 0 Å². The molecule has 0 aromatic heterocycles. The van der Waals surface area contributed by atoms with Gasteiger partial charge in [0.05, 0.1) is 11.2 Å². The van der Waals surface area contributed by atoms with E-state index in [4.69, 9.17) is 11.5 Å². The molecule has 1 rings (SSSR count). The smallest absolute Gasteiger partial charge is 0.250 e. The number of carbonyl (C=O) groups excluding carboxylic acids is 1. The van der Waals surface area contributed by atoms with Crippen LogP contribution in [0.5, 0.6) is 0 Å². The van der Waals surface area contributed by atoms with Crippen molar-refractivity contribution in [3.63, 3.8) is 0 Å². The van der Waals surface area contributed by atoms with Crippen LogP contribution in [0.15, 0.2) is 18.2 Å². The van der Waals surface area contributed by atoms with Crippen molar-refractivity contribution >= 4 is 17.3 Å². The zero-order valence-corrected chi connectivity index (χ0v) is 10.9. The van der Waals surface area contributed by atoms with Gasteiger partial charge in [-0.15, -0.1) is 0 Å². The first-order valence-electron chi connectivity index (χ1n) is 6.07. The van der Waals surface area contributed by atoms with Crippen LogP contribution in [-0.4, -0.2) is 23.2 Å². The van der Waals surface area contributed by atoms with Crippen molar-refractivity contribution in [2.45, 2.75) is 32.3 Å². The highest BCUT2D eigenvalue weighted by Crippen LogP contribution is 2.21. The fraction of sp³-hybridized carbons (Fsp3) is 0.462. The van der Waals surface area contributed by atoms with Crippen molar-refractivity contribution in [3.8, 4) is 0 Å². The molecule has 0 atom stereocenters. The molecule has 18 heavy (non-hydrogen) atoms. The van der Waals surface area contributed by atoms with Crippen LogP contribution in [0.3, 0.4) is 0 Å². The lowest BCUT2D eigenvalue weighted by Gasteiger charge is -2.26. The zero-order chi connectivity index (χ0) is 13.8. The molecule has 1 aromatic carbocycles. The van der Waals surface area contributed by atoms with Gasteiger partial charge in [0.15, 0.2) is 0 Å². The number of aliphatic hydroxyl groups is 1. The molecule has 1 amide bonds. The molecule has 0 unspecified atom stereocenters. The lowest BCUT2D eigenvalue weighted by atomic mass is 9.97. The molecule has 0 spiro atoms. The Morgan fingerprint density at radius 2 is 2.00 bits per heavy atom. The lowest BCUT2D eigenvalue weighted by Crippen LogP contribution is -2.35. The van der Waals surface area contributed by atoms with Gasteiger partial charge in [0.1, 0.15) is 0 Å². The number of amides is 1. The summed E-state index contributed by atoms with van der Waals surface area (Å²) in [4.78, 5) is 11.3. The highest BCUT2D eigenvalue weighted by molar-refractivity contribution is 5.99. The number of anilines is 2. The fourth-order valence-corrected chi connectivity index (χ4v) is 1.68. The minimum atomic E-state index is -0.792. The van der Waals surface area contributed by atoms with Crippen molar-refractivity contribution in [3.05, 3.63) is 23.8 Å². The summed E-state index contributed by atoms with van der Waals surface area (Å²) in [5, 5.41) is 13.2. The van der Waals surface area contributed by atoms with E-state index in [1.54, 1.807) is 18.2 Å². The van der Waals surface area contributed by atoms with Gasteiger partial charge < -0.3 is 21.9 Å². The van der Waals surface area contributed by atoms with E-state index in [9.17, 15) is 9.90 Å². The first-order valence-corrected chi connectivity index (χ1v) is 6.07. The van der Waals surface area contributed by atoms with Crippen LogP contribution in [0.4, 0.5) is 11.4 Å². The predicted octanol–water partition coefficient (Wildman–Crippen LogP) is 1.33. The van der Waals surface area contributed by atoms with Crippen LogP contribution in [0.25, 0.3) is 0 Å². The Labute approximate surface area is 107 Å². The summed E-state index contributed by atoms with van der Waals surface area (Å²) in [6.07, 6.45) is 1.26. The van der Waals surface area contributed by atoms with Gasteiger partial charge >= 0.3 is 0 Å². The summed E-state index contributed by atoms with van der Waals surface area (Å²) < 4.78 is 0. The van der Waals surface area contributed by atoms with E-state index >= 15 is 0 Å². The quantitative estimate of drug-likeness (QED) is 0.573. The Kier molecular flexibility index (Phi) is 4.55. The Hall–Kier alpha value is -1.75. The number of rotatable bonds is 6. The Morgan fingerprint density at radius 3 is 2.50 bits per heavy atom. The van der Waals surface area contributed by atoms with Gasteiger partial charge in [-0.05, 0) is 31.0 Å². The van der Waals surface area contributed by atoms with Crippen molar-refractivity contribution in [2.75, 3.05) is 17.6 Å². The third kappa shape index (κ3) is 3.37.